The Morgan fingerprint density at radius 2 is 2.32 bits per heavy atom. The smallest absolute Gasteiger partial charge is 0.236 e. The van der Waals surface area contributed by atoms with Gasteiger partial charge in [0.05, 0.1) is 5.41 Å². The molecule has 0 unspecified atom stereocenters. The lowest BCUT2D eigenvalue weighted by Gasteiger charge is -2.41. The largest absolute Gasteiger partial charge is 0.341 e. The summed E-state index contributed by atoms with van der Waals surface area (Å²) in [5.41, 5.74) is 0.923. The van der Waals surface area contributed by atoms with Gasteiger partial charge in [0.25, 0.3) is 0 Å². The summed E-state index contributed by atoms with van der Waals surface area (Å²) < 4.78 is 5.60. The normalized spacial score (nSPS) is 26.6. The highest BCUT2D eigenvalue weighted by molar-refractivity contribution is 5.74. The second-order valence-corrected chi connectivity index (χ2v) is 7.26. The maximum absolute atomic E-state index is 12.0. The molecule has 1 amide bonds. The number of hydrogen-bond acceptors (Lipinski definition) is 6. The summed E-state index contributed by atoms with van der Waals surface area (Å²) in [6, 6.07) is 4.06. The standard InChI is InChI=1S/C18H23N5O2/c1-13-20-17(25-21-13)18-11-22(9-15-4-3-6-19-8-15)7-5-16(18)10-23(12-18)14(2)24/h3-4,6,8,16H,5,7,9-12H2,1-2H3/t16-,18-/m0/s1. The number of rotatable bonds is 3. The highest BCUT2D eigenvalue weighted by Gasteiger charge is 2.54. The molecule has 132 valence electrons. The number of carbonyl (C=O) groups is 1. The predicted molar refractivity (Wildman–Crippen MR) is 90.6 cm³/mol. The minimum absolute atomic E-state index is 0.115. The minimum Gasteiger partial charge on any atom is -0.341 e. The Kier molecular flexibility index (Phi) is 4.03. The molecule has 0 aliphatic carbocycles. The molecule has 4 rings (SSSR count). The molecule has 7 heteroatoms. The van der Waals surface area contributed by atoms with Crippen LogP contribution < -0.4 is 0 Å². The summed E-state index contributed by atoms with van der Waals surface area (Å²) in [5.74, 6) is 1.80. The van der Waals surface area contributed by atoms with Crippen molar-refractivity contribution in [3.63, 3.8) is 0 Å². The molecular weight excluding hydrogens is 318 g/mol. The second kappa shape index (κ2) is 6.22. The van der Waals surface area contributed by atoms with Gasteiger partial charge >= 0.3 is 0 Å². The number of hydrogen-bond donors (Lipinski definition) is 0. The molecule has 2 aromatic rings. The average molecular weight is 341 g/mol. The van der Waals surface area contributed by atoms with E-state index < -0.39 is 0 Å². The number of pyridine rings is 1. The molecule has 0 bridgehead atoms. The number of aromatic nitrogens is 3. The average Bonchev–Trinajstić information content (AvgIpc) is 3.20. The van der Waals surface area contributed by atoms with Gasteiger partial charge in [-0.25, -0.2) is 0 Å². The number of carbonyl (C=O) groups excluding carboxylic acids is 1. The highest BCUT2D eigenvalue weighted by atomic mass is 16.5. The minimum atomic E-state index is -0.270. The van der Waals surface area contributed by atoms with E-state index in [-0.39, 0.29) is 11.3 Å². The van der Waals surface area contributed by atoms with Crippen LogP contribution in [0.1, 0.15) is 30.6 Å². The Labute approximate surface area is 147 Å². The van der Waals surface area contributed by atoms with Gasteiger partial charge < -0.3 is 9.42 Å². The first-order valence-corrected chi connectivity index (χ1v) is 8.74. The van der Waals surface area contributed by atoms with E-state index in [1.807, 2.05) is 24.1 Å². The first kappa shape index (κ1) is 16.2. The highest BCUT2D eigenvalue weighted by Crippen LogP contribution is 2.44. The van der Waals surface area contributed by atoms with Gasteiger partial charge in [-0.2, -0.15) is 4.98 Å². The van der Waals surface area contributed by atoms with Crippen LogP contribution in [0.4, 0.5) is 0 Å². The zero-order chi connectivity index (χ0) is 17.4. The fraction of sp³-hybridized carbons (Fsp3) is 0.556. The van der Waals surface area contributed by atoms with E-state index in [9.17, 15) is 4.79 Å². The molecule has 0 saturated carbocycles. The van der Waals surface area contributed by atoms with Crippen molar-refractivity contribution in [3.05, 3.63) is 41.8 Å². The Morgan fingerprint density at radius 1 is 1.44 bits per heavy atom. The Morgan fingerprint density at radius 3 is 3.00 bits per heavy atom. The van der Waals surface area contributed by atoms with Crippen molar-refractivity contribution in [3.8, 4) is 0 Å². The van der Waals surface area contributed by atoms with Crippen molar-refractivity contribution >= 4 is 5.91 Å². The number of amides is 1. The van der Waals surface area contributed by atoms with E-state index in [1.54, 1.807) is 13.1 Å². The molecule has 0 radical (unpaired) electrons. The summed E-state index contributed by atoms with van der Waals surface area (Å²) in [6.07, 6.45) is 4.72. The van der Waals surface area contributed by atoms with Crippen molar-refractivity contribution in [2.75, 3.05) is 26.2 Å². The first-order chi connectivity index (χ1) is 12.1. The van der Waals surface area contributed by atoms with Crippen LogP contribution in [0.5, 0.6) is 0 Å². The lowest BCUT2D eigenvalue weighted by atomic mass is 9.73. The molecule has 2 aromatic heterocycles. The molecular formula is C18H23N5O2. The number of nitrogens with zero attached hydrogens (tertiary/aromatic N) is 5. The van der Waals surface area contributed by atoms with Gasteiger partial charge in [-0.15, -0.1) is 0 Å². The van der Waals surface area contributed by atoms with E-state index in [0.717, 1.165) is 32.6 Å². The van der Waals surface area contributed by atoms with Crippen LogP contribution in [-0.4, -0.2) is 57.0 Å². The molecule has 2 aliphatic heterocycles. The van der Waals surface area contributed by atoms with Crippen molar-refractivity contribution in [2.45, 2.75) is 32.2 Å². The van der Waals surface area contributed by atoms with Gasteiger partial charge in [-0.05, 0) is 37.4 Å². The van der Waals surface area contributed by atoms with Crippen LogP contribution in [0.2, 0.25) is 0 Å². The zero-order valence-corrected chi connectivity index (χ0v) is 14.7. The second-order valence-electron chi connectivity index (χ2n) is 7.26. The van der Waals surface area contributed by atoms with Gasteiger partial charge in [-0.3, -0.25) is 14.7 Å². The first-order valence-electron chi connectivity index (χ1n) is 8.74. The van der Waals surface area contributed by atoms with E-state index in [0.29, 0.717) is 24.2 Å². The van der Waals surface area contributed by atoms with Crippen LogP contribution in [0, 0.1) is 12.8 Å². The van der Waals surface area contributed by atoms with Crippen LogP contribution in [-0.2, 0) is 16.8 Å². The Balaban J connectivity index is 1.63. The third kappa shape index (κ3) is 2.93. The number of fused-ring (bicyclic) bond motifs is 1. The Hall–Kier alpha value is -2.28. The van der Waals surface area contributed by atoms with Crippen molar-refractivity contribution < 1.29 is 9.32 Å². The molecule has 2 atom stereocenters. The molecule has 7 nitrogen and oxygen atoms in total. The maximum Gasteiger partial charge on any atom is 0.236 e. The molecule has 2 fully saturated rings. The van der Waals surface area contributed by atoms with E-state index in [2.05, 4.69) is 26.1 Å². The van der Waals surface area contributed by atoms with Crippen molar-refractivity contribution in [1.82, 2.24) is 24.9 Å². The maximum atomic E-state index is 12.0. The topological polar surface area (TPSA) is 75.4 Å². The zero-order valence-electron chi connectivity index (χ0n) is 14.7. The summed E-state index contributed by atoms with van der Waals surface area (Å²) in [4.78, 5) is 25.1. The lowest BCUT2D eigenvalue weighted by molar-refractivity contribution is -0.128. The van der Waals surface area contributed by atoms with Crippen LogP contribution in [0.25, 0.3) is 0 Å². The van der Waals surface area contributed by atoms with E-state index >= 15 is 0 Å². The fourth-order valence-corrected chi connectivity index (χ4v) is 4.27. The van der Waals surface area contributed by atoms with Gasteiger partial charge in [-0.1, -0.05) is 11.2 Å². The number of likely N-dealkylation sites (tertiary alicyclic amines) is 2. The van der Waals surface area contributed by atoms with E-state index in [1.165, 1.54) is 5.56 Å². The van der Waals surface area contributed by atoms with Crippen LogP contribution >= 0.6 is 0 Å². The quantitative estimate of drug-likeness (QED) is 0.840. The Bertz CT molecular complexity index is 762. The van der Waals surface area contributed by atoms with Crippen molar-refractivity contribution in [2.24, 2.45) is 5.92 Å². The summed E-state index contributed by atoms with van der Waals surface area (Å²) >= 11 is 0. The molecule has 4 heterocycles. The molecule has 0 aromatic carbocycles. The van der Waals surface area contributed by atoms with Gasteiger partial charge in [0.1, 0.15) is 0 Å². The van der Waals surface area contributed by atoms with Crippen LogP contribution in [0.15, 0.2) is 29.0 Å². The SMILES string of the molecule is CC(=O)N1C[C@@H]2CCN(Cc3cccnc3)C[C@]2(c2nc(C)no2)C1. The molecule has 25 heavy (non-hydrogen) atoms. The molecule has 2 aliphatic rings. The van der Waals surface area contributed by atoms with Crippen LogP contribution in [0.3, 0.4) is 0 Å². The van der Waals surface area contributed by atoms with E-state index in [4.69, 9.17) is 4.52 Å². The number of aryl methyl sites for hydroxylation is 1. The molecule has 0 spiro atoms. The molecule has 0 N–H and O–H groups in total. The third-order valence-electron chi connectivity index (χ3n) is 5.52. The number of piperidine rings is 1. The summed E-state index contributed by atoms with van der Waals surface area (Å²) in [7, 11) is 0. The summed E-state index contributed by atoms with van der Waals surface area (Å²) in [6.45, 7) is 7.56. The van der Waals surface area contributed by atoms with Gasteiger partial charge in [0.2, 0.25) is 11.8 Å². The van der Waals surface area contributed by atoms with Gasteiger partial charge in [0, 0.05) is 45.5 Å². The van der Waals surface area contributed by atoms with Crippen molar-refractivity contribution in [1.29, 1.82) is 0 Å². The lowest BCUT2D eigenvalue weighted by Crippen LogP contribution is -2.51. The molecule has 2 saturated heterocycles. The fourth-order valence-electron chi connectivity index (χ4n) is 4.27. The summed E-state index contributed by atoms with van der Waals surface area (Å²) in [5, 5.41) is 4.01. The predicted octanol–water partition coefficient (Wildman–Crippen LogP) is 1.40. The monoisotopic (exact) mass is 341 g/mol. The third-order valence-corrected chi connectivity index (χ3v) is 5.52. The van der Waals surface area contributed by atoms with Gasteiger partial charge in [0.15, 0.2) is 5.82 Å².